The zero-order chi connectivity index (χ0) is 22.3. The number of benzene rings is 1. The van der Waals surface area contributed by atoms with Gasteiger partial charge in [0.2, 0.25) is 0 Å². The summed E-state index contributed by atoms with van der Waals surface area (Å²) < 4.78 is 53.5. The molecule has 10 heteroatoms. The molecule has 164 valence electrons. The molecule has 0 saturated heterocycles. The molecule has 1 aromatic heterocycles. The number of rotatable bonds is 7. The molecule has 2 N–H and O–H groups in total. The molecule has 0 bridgehead atoms. The standard InChI is InChI=1S/C21H19ClF3N3O3/c1-30-9-11-6-12(22)8-27-18(11)16(29)5-10-2-3-15(23)13(4-10)21(19(24)25)14-7-17(14)31-20(26)28-21/h2-4,6,8,14,17,19H,5,7,9H2,1H3,(H2,26,28)/t14-,17+,21+/m0/s1. The van der Waals surface area contributed by atoms with Crippen LogP contribution >= 0.6 is 11.6 Å². The van der Waals surface area contributed by atoms with Gasteiger partial charge in [0.05, 0.1) is 11.6 Å². The van der Waals surface area contributed by atoms with Crippen LogP contribution in [0.5, 0.6) is 0 Å². The van der Waals surface area contributed by atoms with Gasteiger partial charge in [-0.1, -0.05) is 17.7 Å². The topological polar surface area (TPSA) is 86.8 Å². The fraction of sp³-hybridized carbons (Fsp3) is 0.381. The number of halogens is 4. The number of nitrogens with zero attached hydrogens (tertiary/aromatic N) is 2. The molecule has 1 saturated carbocycles. The van der Waals surface area contributed by atoms with Crippen molar-refractivity contribution in [1.29, 1.82) is 0 Å². The molecule has 0 unspecified atom stereocenters. The van der Waals surface area contributed by atoms with Crippen molar-refractivity contribution in [3.63, 3.8) is 0 Å². The number of Topliss-reactive ketones (excluding diaryl/α,β-unsaturated/α-hetero) is 1. The molecule has 6 nitrogen and oxygen atoms in total. The summed E-state index contributed by atoms with van der Waals surface area (Å²) >= 11 is 5.94. The average Bonchev–Trinajstić information content (AvgIpc) is 3.48. The number of aromatic nitrogens is 1. The smallest absolute Gasteiger partial charge is 0.283 e. The van der Waals surface area contributed by atoms with Crippen molar-refractivity contribution in [2.45, 2.75) is 37.5 Å². The Hall–Kier alpha value is -2.65. The molecule has 2 heterocycles. The summed E-state index contributed by atoms with van der Waals surface area (Å²) in [6.07, 6.45) is -2.07. The number of carbonyl (C=O) groups is 1. The zero-order valence-electron chi connectivity index (χ0n) is 16.4. The fourth-order valence-corrected chi connectivity index (χ4v) is 4.24. The first-order valence-electron chi connectivity index (χ1n) is 9.51. The van der Waals surface area contributed by atoms with Gasteiger partial charge in [-0.05, 0) is 30.2 Å². The lowest BCUT2D eigenvalue weighted by Crippen LogP contribution is -2.43. The summed E-state index contributed by atoms with van der Waals surface area (Å²) in [6, 6.07) is 4.86. The highest BCUT2D eigenvalue weighted by Crippen LogP contribution is 2.56. The summed E-state index contributed by atoms with van der Waals surface area (Å²) in [4.78, 5) is 20.8. The Balaban J connectivity index is 1.69. The minimum atomic E-state index is -3.00. The Morgan fingerprint density at radius 2 is 2.19 bits per heavy atom. The van der Waals surface area contributed by atoms with Crippen molar-refractivity contribution in [1.82, 2.24) is 4.98 Å². The lowest BCUT2D eigenvalue weighted by atomic mass is 9.83. The normalized spacial score (nSPS) is 24.4. The number of methoxy groups -OCH3 is 1. The minimum absolute atomic E-state index is 0.120. The summed E-state index contributed by atoms with van der Waals surface area (Å²) in [5.74, 6) is -1.91. The van der Waals surface area contributed by atoms with Crippen LogP contribution in [0.4, 0.5) is 13.2 Å². The Bertz CT molecular complexity index is 1070. The Labute approximate surface area is 181 Å². The van der Waals surface area contributed by atoms with Crippen LogP contribution in [0.15, 0.2) is 35.5 Å². The van der Waals surface area contributed by atoms with Gasteiger partial charge in [-0.25, -0.2) is 18.2 Å². The van der Waals surface area contributed by atoms with E-state index >= 15 is 0 Å². The third-order valence-corrected chi connectivity index (χ3v) is 5.73. The number of fused-ring (bicyclic) bond motifs is 1. The largest absolute Gasteiger partial charge is 0.462 e. The maximum Gasteiger partial charge on any atom is 0.283 e. The number of aliphatic imine (C=N–C) groups is 1. The molecule has 2 aliphatic rings. The number of nitrogens with two attached hydrogens (primary N) is 1. The molecule has 0 amide bonds. The number of hydrogen-bond donors (Lipinski definition) is 1. The number of carbonyl (C=O) groups excluding carboxylic acids is 1. The van der Waals surface area contributed by atoms with Gasteiger partial charge in [-0.3, -0.25) is 9.78 Å². The Morgan fingerprint density at radius 3 is 2.90 bits per heavy atom. The third-order valence-electron chi connectivity index (χ3n) is 5.52. The van der Waals surface area contributed by atoms with Gasteiger partial charge >= 0.3 is 0 Å². The van der Waals surface area contributed by atoms with Crippen molar-refractivity contribution in [2.75, 3.05) is 7.11 Å². The zero-order valence-corrected chi connectivity index (χ0v) is 17.2. The van der Waals surface area contributed by atoms with Crippen LogP contribution < -0.4 is 5.73 Å². The molecule has 2 aromatic rings. The highest BCUT2D eigenvalue weighted by atomic mass is 35.5. The van der Waals surface area contributed by atoms with Crippen molar-refractivity contribution < 1.29 is 27.4 Å². The van der Waals surface area contributed by atoms with Gasteiger partial charge in [0.25, 0.3) is 12.4 Å². The lowest BCUT2D eigenvalue weighted by Gasteiger charge is -2.33. The molecular formula is C21H19ClF3N3O3. The first kappa shape index (κ1) is 21.6. The van der Waals surface area contributed by atoms with Crippen molar-refractivity contribution in [3.8, 4) is 0 Å². The number of amidine groups is 1. The second-order valence-corrected chi connectivity index (χ2v) is 8.02. The molecule has 31 heavy (non-hydrogen) atoms. The third kappa shape index (κ3) is 3.87. The van der Waals surface area contributed by atoms with Crippen LogP contribution in [-0.2, 0) is 28.0 Å². The quantitative estimate of drug-likeness (QED) is 0.647. The highest BCUT2D eigenvalue weighted by molar-refractivity contribution is 6.30. The molecule has 1 aromatic carbocycles. The first-order valence-corrected chi connectivity index (χ1v) is 9.89. The van der Waals surface area contributed by atoms with E-state index in [0.29, 0.717) is 22.6 Å². The van der Waals surface area contributed by atoms with Gasteiger partial charge < -0.3 is 15.2 Å². The lowest BCUT2D eigenvalue weighted by molar-refractivity contribution is 0.0176. The number of ether oxygens (including phenoxy) is 2. The molecule has 0 radical (unpaired) electrons. The predicted octanol–water partition coefficient (Wildman–Crippen LogP) is 3.64. The number of alkyl halides is 2. The van der Waals surface area contributed by atoms with E-state index in [1.807, 2.05) is 0 Å². The first-order chi connectivity index (χ1) is 14.8. The highest BCUT2D eigenvalue weighted by Gasteiger charge is 2.64. The molecule has 1 aliphatic carbocycles. The molecule has 0 spiro atoms. The van der Waals surface area contributed by atoms with E-state index < -0.39 is 35.8 Å². The monoisotopic (exact) mass is 453 g/mol. The summed E-state index contributed by atoms with van der Waals surface area (Å²) in [5, 5.41) is 0.348. The van der Waals surface area contributed by atoms with E-state index in [-0.39, 0.29) is 30.1 Å². The van der Waals surface area contributed by atoms with E-state index in [2.05, 4.69) is 9.98 Å². The molecule has 4 rings (SSSR count). The van der Waals surface area contributed by atoms with E-state index in [1.54, 1.807) is 6.07 Å². The molecule has 3 atom stereocenters. The van der Waals surface area contributed by atoms with Crippen LogP contribution in [0.3, 0.4) is 0 Å². The van der Waals surface area contributed by atoms with Crippen molar-refractivity contribution >= 4 is 23.4 Å². The summed E-state index contributed by atoms with van der Waals surface area (Å²) in [5.41, 5.74) is 4.14. The van der Waals surface area contributed by atoms with Crippen LogP contribution in [0.25, 0.3) is 0 Å². The number of hydrogen-bond acceptors (Lipinski definition) is 6. The molecular weight excluding hydrogens is 435 g/mol. The van der Waals surface area contributed by atoms with Crippen LogP contribution in [0.1, 0.15) is 33.6 Å². The molecule has 1 aliphatic heterocycles. The maximum absolute atomic E-state index is 14.7. The SMILES string of the molecule is COCc1cc(Cl)cnc1C(=O)Cc1ccc(F)c([C@@]2(C(F)F)N=C(N)O[C@@H]3C[C@@H]32)c1. The van der Waals surface area contributed by atoms with E-state index in [1.165, 1.54) is 25.4 Å². The second kappa shape index (κ2) is 8.12. The van der Waals surface area contributed by atoms with E-state index in [0.717, 1.165) is 6.07 Å². The van der Waals surface area contributed by atoms with Crippen molar-refractivity contribution in [3.05, 3.63) is 63.7 Å². The summed E-state index contributed by atoms with van der Waals surface area (Å²) in [6.45, 7) is 0.120. The van der Waals surface area contributed by atoms with Crippen LogP contribution in [-0.4, -0.2) is 36.4 Å². The van der Waals surface area contributed by atoms with Gasteiger partial charge in [0.15, 0.2) is 11.3 Å². The minimum Gasteiger partial charge on any atom is -0.462 e. The second-order valence-electron chi connectivity index (χ2n) is 7.58. The Kier molecular flexibility index (Phi) is 5.65. The number of pyridine rings is 1. The molecule has 1 fully saturated rings. The van der Waals surface area contributed by atoms with Gasteiger partial charge in [-0.15, -0.1) is 0 Å². The van der Waals surface area contributed by atoms with Crippen LogP contribution in [0.2, 0.25) is 5.02 Å². The number of ketones is 1. The Morgan fingerprint density at radius 1 is 1.42 bits per heavy atom. The van der Waals surface area contributed by atoms with Crippen molar-refractivity contribution in [2.24, 2.45) is 16.6 Å². The predicted molar refractivity (Wildman–Crippen MR) is 107 cm³/mol. The van der Waals surface area contributed by atoms with Gasteiger partial charge in [0.1, 0.15) is 17.6 Å². The van der Waals surface area contributed by atoms with Crippen LogP contribution in [0, 0.1) is 11.7 Å². The average molecular weight is 454 g/mol. The van der Waals surface area contributed by atoms with E-state index in [9.17, 15) is 18.0 Å². The fourth-order valence-electron chi connectivity index (χ4n) is 4.06. The van der Waals surface area contributed by atoms with E-state index in [4.69, 9.17) is 26.8 Å². The maximum atomic E-state index is 14.7. The summed E-state index contributed by atoms with van der Waals surface area (Å²) in [7, 11) is 1.47. The van der Waals surface area contributed by atoms with Gasteiger partial charge in [0, 0.05) is 36.8 Å². The van der Waals surface area contributed by atoms with Gasteiger partial charge in [-0.2, -0.15) is 0 Å².